The maximum absolute atomic E-state index is 10.6. The molecule has 0 saturated heterocycles. The molecule has 0 radical (unpaired) electrons. The first-order chi connectivity index (χ1) is 7.99. The molecule has 1 unspecified atom stereocenters. The molecule has 17 heavy (non-hydrogen) atoms. The maximum Gasteiger partial charge on any atom is 0.215 e. The van der Waals surface area contributed by atoms with Crippen LogP contribution in [0.1, 0.15) is 33.6 Å². The highest BCUT2D eigenvalue weighted by Gasteiger charge is 2.49. The highest BCUT2D eigenvalue weighted by atomic mass is 28.1. The van der Waals surface area contributed by atoms with Crippen LogP contribution in [0.5, 0.6) is 0 Å². The normalized spacial score (nSPS) is 16.1. The van der Waals surface area contributed by atoms with E-state index in [0.717, 1.165) is 0 Å². The van der Waals surface area contributed by atoms with Gasteiger partial charge in [0.25, 0.3) is 0 Å². The van der Waals surface area contributed by atoms with Gasteiger partial charge in [-0.2, -0.15) is 0 Å². The van der Waals surface area contributed by atoms with E-state index in [1.807, 2.05) is 20.8 Å². The lowest BCUT2D eigenvalue weighted by Gasteiger charge is -2.43. The summed E-state index contributed by atoms with van der Waals surface area (Å²) in [5, 5.41) is 10.6. The molecule has 1 atom stereocenters. The molecule has 0 spiro atoms. The summed E-state index contributed by atoms with van der Waals surface area (Å²) in [5.74, 6) is -1.40. The standard InChI is InChI=1S/C11H27NO4Si/c1-4-14-10(13,8-7-9-12)11(17,15-5-2)16-6-3/h13H,4-9,12H2,1-3,17H3. The van der Waals surface area contributed by atoms with Gasteiger partial charge in [0, 0.05) is 26.2 Å². The van der Waals surface area contributed by atoms with Crippen molar-refractivity contribution in [3.8, 4) is 0 Å². The molecular formula is C11H27NO4Si. The van der Waals surface area contributed by atoms with E-state index >= 15 is 0 Å². The number of ether oxygens (including phenoxy) is 3. The molecule has 3 N–H and O–H groups in total. The van der Waals surface area contributed by atoms with Crippen molar-refractivity contribution in [2.45, 2.75) is 44.8 Å². The molecule has 0 aliphatic heterocycles. The molecule has 5 nitrogen and oxygen atoms in total. The lowest BCUT2D eigenvalue weighted by atomic mass is 10.1. The highest BCUT2D eigenvalue weighted by molar-refractivity contribution is 6.14. The van der Waals surface area contributed by atoms with Crippen LogP contribution in [0.2, 0.25) is 0 Å². The van der Waals surface area contributed by atoms with Crippen LogP contribution < -0.4 is 5.73 Å². The Kier molecular flexibility index (Phi) is 8.19. The molecule has 0 heterocycles. The fourth-order valence-corrected chi connectivity index (χ4v) is 2.80. The summed E-state index contributed by atoms with van der Waals surface area (Å²) in [5.41, 5.74) is 4.46. The smallest absolute Gasteiger partial charge is 0.215 e. The maximum atomic E-state index is 10.6. The van der Waals surface area contributed by atoms with Crippen LogP contribution in [0.3, 0.4) is 0 Å². The minimum Gasteiger partial charge on any atom is -0.362 e. The van der Waals surface area contributed by atoms with E-state index in [9.17, 15) is 5.11 Å². The van der Waals surface area contributed by atoms with Gasteiger partial charge in [0.05, 0.1) is 10.2 Å². The van der Waals surface area contributed by atoms with E-state index < -0.39 is 11.2 Å². The fourth-order valence-electron chi connectivity index (χ4n) is 1.83. The molecule has 104 valence electrons. The molecule has 0 aromatic carbocycles. The van der Waals surface area contributed by atoms with Crippen LogP contribution >= 0.6 is 0 Å². The average molecular weight is 265 g/mol. The quantitative estimate of drug-likeness (QED) is 0.413. The number of hydrogen-bond donors (Lipinski definition) is 2. The van der Waals surface area contributed by atoms with Crippen molar-refractivity contribution < 1.29 is 19.3 Å². The highest BCUT2D eigenvalue weighted by Crippen LogP contribution is 2.30. The zero-order valence-corrected chi connectivity index (χ0v) is 13.5. The van der Waals surface area contributed by atoms with Crippen molar-refractivity contribution in [1.82, 2.24) is 0 Å². The number of hydrogen-bond acceptors (Lipinski definition) is 5. The van der Waals surface area contributed by atoms with Gasteiger partial charge in [-0.05, 0) is 33.7 Å². The third kappa shape index (κ3) is 4.65. The third-order valence-corrected chi connectivity index (χ3v) is 4.01. The van der Waals surface area contributed by atoms with Gasteiger partial charge < -0.3 is 25.1 Å². The largest absolute Gasteiger partial charge is 0.362 e. The number of aliphatic hydroxyl groups is 1. The lowest BCUT2D eigenvalue weighted by molar-refractivity contribution is -0.360. The second-order valence-corrected chi connectivity index (χ2v) is 5.24. The molecule has 0 aliphatic carbocycles. The summed E-state index contributed by atoms with van der Waals surface area (Å²) in [4.78, 5) is 0. The first-order valence-electron chi connectivity index (χ1n) is 6.34. The fraction of sp³-hybridized carbons (Fsp3) is 1.00. The molecule has 0 aromatic heterocycles. The number of nitrogens with two attached hydrogens (primary N) is 1. The lowest BCUT2D eigenvalue weighted by Crippen LogP contribution is -2.60. The van der Waals surface area contributed by atoms with Crippen molar-refractivity contribution in [1.29, 1.82) is 0 Å². The van der Waals surface area contributed by atoms with Crippen molar-refractivity contribution in [3.63, 3.8) is 0 Å². The first-order valence-corrected chi connectivity index (χ1v) is 7.34. The predicted molar refractivity (Wildman–Crippen MR) is 70.8 cm³/mol. The van der Waals surface area contributed by atoms with Crippen molar-refractivity contribution in [2.75, 3.05) is 26.4 Å². The van der Waals surface area contributed by atoms with Crippen LogP contribution in [-0.4, -0.2) is 52.9 Å². The Hall–Kier alpha value is 0.0169. The average Bonchev–Trinajstić information content (AvgIpc) is 2.27. The van der Waals surface area contributed by atoms with E-state index in [1.165, 1.54) is 0 Å². The molecule has 0 amide bonds. The summed E-state index contributed by atoms with van der Waals surface area (Å²) in [7, 11) is 0.516. The van der Waals surface area contributed by atoms with Gasteiger partial charge >= 0.3 is 0 Å². The Morgan fingerprint density at radius 1 is 1.06 bits per heavy atom. The zero-order valence-electron chi connectivity index (χ0n) is 11.5. The van der Waals surface area contributed by atoms with Gasteiger partial charge in [-0.3, -0.25) is 0 Å². The van der Waals surface area contributed by atoms with E-state index in [1.54, 1.807) is 0 Å². The third-order valence-electron chi connectivity index (χ3n) is 2.65. The second-order valence-electron chi connectivity index (χ2n) is 3.92. The topological polar surface area (TPSA) is 73.9 Å². The second kappa shape index (κ2) is 8.18. The first kappa shape index (κ1) is 17.0. The van der Waals surface area contributed by atoms with E-state index in [2.05, 4.69) is 0 Å². The van der Waals surface area contributed by atoms with Gasteiger partial charge in [-0.15, -0.1) is 0 Å². The summed E-state index contributed by atoms with van der Waals surface area (Å²) in [6.45, 7) is 7.45. The van der Waals surface area contributed by atoms with Crippen LogP contribution in [0.25, 0.3) is 0 Å². The zero-order chi connectivity index (χ0) is 13.4. The summed E-state index contributed by atoms with van der Waals surface area (Å²) < 4.78 is 16.7. The minimum atomic E-state index is -1.40. The Bertz CT molecular complexity index is 200. The van der Waals surface area contributed by atoms with Gasteiger partial charge in [0.15, 0.2) is 5.41 Å². The number of rotatable bonds is 10. The molecule has 0 fully saturated rings. The summed E-state index contributed by atoms with van der Waals surface area (Å²) in [6, 6.07) is 0. The molecule has 0 saturated carbocycles. The van der Waals surface area contributed by atoms with Gasteiger partial charge in [-0.1, -0.05) is 0 Å². The van der Waals surface area contributed by atoms with E-state index in [0.29, 0.717) is 49.4 Å². The molecule has 0 aromatic rings. The summed E-state index contributed by atoms with van der Waals surface area (Å²) in [6.07, 6.45) is 1.08. The Balaban J connectivity index is 4.90. The van der Waals surface area contributed by atoms with Gasteiger partial charge in [0.2, 0.25) is 5.79 Å². The molecule has 0 aliphatic rings. The van der Waals surface area contributed by atoms with E-state index in [-0.39, 0.29) is 0 Å². The van der Waals surface area contributed by atoms with Crippen LogP contribution in [0.15, 0.2) is 0 Å². The Morgan fingerprint density at radius 2 is 1.53 bits per heavy atom. The molecule has 6 heteroatoms. The Morgan fingerprint density at radius 3 is 1.88 bits per heavy atom. The molecule has 0 bridgehead atoms. The van der Waals surface area contributed by atoms with Crippen molar-refractivity contribution in [3.05, 3.63) is 0 Å². The SMILES string of the molecule is CCOC(O)(CCCN)C([SiH3])(OCC)OCC. The van der Waals surface area contributed by atoms with Crippen LogP contribution in [-0.2, 0) is 14.2 Å². The summed E-state index contributed by atoms with van der Waals surface area (Å²) >= 11 is 0. The van der Waals surface area contributed by atoms with Gasteiger partial charge in [0.1, 0.15) is 0 Å². The Labute approximate surface area is 107 Å². The van der Waals surface area contributed by atoms with Crippen LogP contribution in [0, 0.1) is 0 Å². The van der Waals surface area contributed by atoms with Crippen molar-refractivity contribution in [2.24, 2.45) is 5.73 Å². The minimum absolute atomic E-state index is 0.408. The monoisotopic (exact) mass is 265 g/mol. The van der Waals surface area contributed by atoms with Gasteiger partial charge in [-0.25, -0.2) is 0 Å². The predicted octanol–water partition coefficient (Wildman–Crippen LogP) is -0.457. The van der Waals surface area contributed by atoms with Crippen LogP contribution in [0.4, 0.5) is 0 Å². The molecule has 0 rings (SSSR count). The van der Waals surface area contributed by atoms with E-state index in [4.69, 9.17) is 19.9 Å². The van der Waals surface area contributed by atoms with Crippen molar-refractivity contribution >= 4 is 10.2 Å². The molecular weight excluding hydrogens is 238 g/mol.